The van der Waals surface area contributed by atoms with Gasteiger partial charge in [-0.1, -0.05) is 41.1 Å². The Kier molecular flexibility index (Phi) is 6.14. The molecule has 33 heavy (non-hydrogen) atoms. The highest BCUT2D eigenvalue weighted by Crippen LogP contribution is 2.33. The summed E-state index contributed by atoms with van der Waals surface area (Å²) < 4.78 is 2.02. The van der Waals surface area contributed by atoms with Gasteiger partial charge in [-0.2, -0.15) is 0 Å². The van der Waals surface area contributed by atoms with Crippen LogP contribution in [0.5, 0.6) is 0 Å². The van der Waals surface area contributed by atoms with Gasteiger partial charge in [0.25, 0.3) is 0 Å². The van der Waals surface area contributed by atoms with Crippen LogP contribution < -0.4 is 5.43 Å². The Morgan fingerprint density at radius 3 is 2.61 bits per heavy atom. The van der Waals surface area contributed by atoms with Crippen LogP contribution in [0.25, 0.3) is 16.0 Å². The number of carbonyl (C=O) groups excluding carboxylic acids is 1. The number of aromatic nitrogens is 2. The maximum atomic E-state index is 13.3. The van der Waals surface area contributed by atoms with E-state index in [1.165, 1.54) is 11.8 Å². The van der Waals surface area contributed by atoms with E-state index in [-0.39, 0.29) is 17.0 Å². The lowest BCUT2D eigenvalue weighted by molar-refractivity contribution is 0.102. The molecule has 0 fully saturated rings. The summed E-state index contributed by atoms with van der Waals surface area (Å²) >= 11 is 8.94. The van der Waals surface area contributed by atoms with Gasteiger partial charge in [-0.25, -0.2) is 4.98 Å². The topological polar surface area (TPSA) is 55.2 Å². The van der Waals surface area contributed by atoms with Crippen LogP contribution in [0.15, 0.2) is 58.5 Å². The third kappa shape index (κ3) is 4.38. The van der Waals surface area contributed by atoms with Crippen LogP contribution in [0, 0.1) is 6.92 Å². The molecule has 3 heterocycles. The Balaban J connectivity index is 1.59. The van der Waals surface area contributed by atoms with E-state index in [9.17, 15) is 9.59 Å². The number of hydrogen-bond donors (Lipinski definition) is 0. The van der Waals surface area contributed by atoms with E-state index < -0.39 is 0 Å². The van der Waals surface area contributed by atoms with Crippen LogP contribution in [0.1, 0.15) is 26.4 Å². The van der Waals surface area contributed by atoms with E-state index in [0.29, 0.717) is 21.3 Å². The van der Waals surface area contributed by atoms with Crippen molar-refractivity contribution in [1.82, 2.24) is 14.5 Å². The van der Waals surface area contributed by atoms with Crippen LogP contribution in [0.2, 0.25) is 5.02 Å². The van der Waals surface area contributed by atoms with Gasteiger partial charge < -0.3 is 4.90 Å². The highest BCUT2D eigenvalue weighted by molar-refractivity contribution is 7.99. The Morgan fingerprint density at radius 1 is 1.15 bits per heavy atom. The second-order valence-corrected chi connectivity index (χ2v) is 10.7. The largest absolute Gasteiger partial charge is 0.301 e. The van der Waals surface area contributed by atoms with E-state index >= 15 is 0 Å². The predicted molar refractivity (Wildman–Crippen MR) is 136 cm³/mol. The summed E-state index contributed by atoms with van der Waals surface area (Å²) in [4.78, 5) is 35.1. The van der Waals surface area contributed by atoms with Crippen LogP contribution in [0.4, 0.5) is 0 Å². The van der Waals surface area contributed by atoms with Crippen molar-refractivity contribution in [2.24, 2.45) is 0 Å². The highest BCUT2D eigenvalue weighted by atomic mass is 35.5. The lowest BCUT2D eigenvalue weighted by atomic mass is 10.1. The molecule has 168 valence electrons. The molecule has 0 spiro atoms. The van der Waals surface area contributed by atoms with Gasteiger partial charge in [0, 0.05) is 39.8 Å². The van der Waals surface area contributed by atoms with E-state index in [0.717, 1.165) is 46.0 Å². The fourth-order valence-electron chi connectivity index (χ4n) is 3.95. The average molecular weight is 496 g/mol. The van der Waals surface area contributed by atoms with Gasteiger partial charge in [0.2, 0.25) is 5.43 Å². The SMILES string of the molecule is Cc1ccc(-n2c(SCC(=O)c3ccc(Cl)cc3)nc3c(=O)c4c(sc32)CN(C)CC4)cc1. The van der Waals surface area contributed by atoms with E-state index in [2.05, 4.69) is 11.9 Å². The summed E-state index contributed by atoms with van der Waals surface area (Å²) in [7, 11) is 2.07. The van der Waals surface area contributed by atoms with Crippen molar-refractivity contribution in [3.63, 3.8) is 0 Å². The summed E-state index contributed by atoms with van der Waals surface area (Å²) in [5.74, 6) is 0.212. The number of ketones is 1. The molecular weight excluding hydrogens is 474 g/mol. The standard InChI is InChI=1S/C25H22ClN3O2S2/c1-15-3-9-18(10-4-15)29-24-22(23(31)19-11-12-28(2)13-21(19)33-24)27-25(29)32-14-20(30)16-5-7-17(26)8-6-16/h3-10H,11-14H2,1-2H3. The van der Waals surface area contributed by atoms with E-state index in [1.807, 2.05) is 35.8 Å². The monoisotopic (exact) mass is 495 g/mol. The van der Waals surface area contributed by atoms with Gasteiger partial charge in [0.05, 0.1) is 5.75 Å². The van der Waals surface area contributed by atoms with Gasteiger partial charge in [-0.15, -0.1) is 11.3 Å². The number of benzene rings is 2. The van der Waals surface area contributed by atoms with E-state index in [4.69, 9.17) is 16.6 Å². The predicted octanol–water partition coefficient (Wildman–Crippen LogP) is 5.37. The normalized spacial score (nSPS) is 13.9. The number of imidazole rings is 1. The highest BCUT2D eigenvalue weighted by Gasteiger charge is 2.24. The molecule has 1 aliphatic heterocycles. The minimum Gasteiger partial charge on any atom is -0.301 e. The molecule has 0 saturated carbocycles. The minimum atomic E-state index is -0.00822. The molecule has 0 amide bonds. The lowest BCUT2D eigenvalue weighted by Crippen LogP contribution is -2.30. The molecular formula is C25H22ClN3O2S2. The Morgan fingerprint density at radius 2 is 1.88 bits per heavy atom. The van der Waals surface area contributed by atoms with Crippen LogP contribution in [0.3, 0.4) is 0 Å². The summed E-state index contributed by atoms with van der Waals surface area (Å²) in [5, 5.41) is 1.25. The molecule has 8 heteroatoms. The summed E-state index contributed by atoms with van der Waals surface area (Å²) in [6.45, 7) is 3.68. The van der Waals surface area contributed by atoms with Crippen molar-refractivity contribution in [2.45, 2.75) is 25.0 Å². The number of thioether (sulfide) groups is 1. The number of halogens is 1. The Bertz CT molecular complexity index is 1410. The smallest absolute Gasteiger partial charge is 0.211 e. The third-order valence-electron chi connectivity index (χ3n) is 5.80. The van der Waals surface area contributed by atoms with Crippen LogP contribution >= 0.6 is 34.7 Å². The molecule has 5 nitrogen and oxygen atoms in total. The van der Waals surface area contributed by atoms with E-state index in [1.54, 1.807) is 35.6 Å². The van der Waals surface area contributed by atoms with Gasteiger partial charge >= 0.3 is 0 Å². The average Bonchev–Trinajstić information content (AvgIpc) is 3.17. The zero-order valence-electron chi connectivity index (χ0n) is 18.3. The van der Waals surface area contributed by atoms with Crippen LogP contribution in [-0.2, 0) is 13.0 Å². The Labute approximate surface area is 205 Å². The number of nitrogens with zero attached hydrogens (tertiary/aromatic N) is 3. The molecule has 1 aliphatic rings. The van der Waals surface area contributed by atoms with Gasteiger partial charge in [0.15, 0.2) is 10.9 Å². The number of rotatable bonds is 5. The molecule has 0 aliphatic carbocycles. The van der Waals surface area contributed by atoms with Gasteiger partial charge in [0.1, 0.15) is 10.3 Å². The lowest BCUT2D eigenvalue weighted by Gasteiger charge is -2.23. The molecule has 0 radical (unpaired) electrons. The molecule has 0 N–H and O–H groups in total. The number of fused-ring (bicyclic) bond motifs is 2. The first kappa shape index (κ1) is 22.3. The second kappa shape index (κ2) is 9.06. The molecule has 0 unspecified atom stereocenters. The molecule has 4 aromatic rings. The molecule has 0 bridgehead atoms. The number of aryl methyl sites for hydroxylation is 1. The van der Waals surface area contributed by atoms with Crippen molar-refractivity contribution in [2.75, 3.05) is 19.3 Å². The molecule has 0 atom stereocenters. The van der Waals surface area contributed by atoms with Crippen molar-refractivity contribution >= 4 is 50.8 Å². The Hall–Kier alpha value is -2.45. The number of Topliss-reactive ketones (excluding diaryl/α,β-unsaturated/α-hetero) is 1. The first-order valence-corrected chi connectivity index (χ1v) is 12.8. The fraction of sp³-hybridized carbons (Fsp3) is 0.240. The fourth-order valence-corrected chi connectivity index (χ4v) is 6.40. The minimum absolute atomic E-state index is 0.00822. The number of hydrogen-bond acceptors (Lipinski definition) is 6. The molecule has 0 saturated heterocycles. The maximum absolute atomic E-state index is 13.3. The van der Waals surface area contributed by atoms with Crippen molar-refractivity contribution in [3.8, 4) is 5.69 Å². The molecule has 2 aromatic carbocycles. The van der Waals surface area contributed by atoms with Gasteiger partial charge in [-0.05, 0) is 56.8 Å². The van der Waals surface area contributed by atoms with Crippen molar-refractivity contribution < 1.29 is 4.79 Å². The van der Waals surface area contributed by atoms with Crippen LogP contribution in [-0.4, -0.2) is 39.6 Å². The molecule has 5 rings (SSSR count). The van der Waals surface area contributed by atoms with Gasteiger partial charge in [-0.3, -0.25) is 14.2 Å². The second-order valence-electron chi connectivity index (χ2n) is 8.26. The summed E-state index contributed by atoms with van der Waals surface area (Å²) in [6.07, 6.45) is 0.742. The summed E-state index contributed by atoms with van der Waals surface area (Å²) in [5.41, 5.74) is 4.09. The molecule has 2 aromatic heterocycles. The zero-order chi connectivity index (χ0) is 23.1. The third-order valence-corrected chi connectivity index (χ3v) is 8.18. The number of likely N-dealkylation sites (N-methyl/N-ethyl adjacent to an activating group) is 1. The summed E-state index contributed by atoms with van der Waals surface area (Å²) in [6, 6.07) is 15.1. The van der Waals surface area contributed by atoms with Crippen molar-refractivity contribution in [1.29, 1.82) is 0 Å². The zero-order valence-corrected chi connectivity index (χ0v) is 20.7. The van der Waals surface area contributed by atoms with Crippen molar-refractivity contribution in [3.05, 3.63) is 85.3 Å². The first-order chi connectivity index (χ1) is 15.9. The number of carbonyl (C=O) groups is 1. The quantitative estimate of drug-likeness (QED) is 0.275. The maximum Gasteiger partial charge on any atom is 0.211 e. The first-order valence-electron chi connectivity index (χ1n) is 10.6.